The highest BCUT2D eigenvalue weighted by molar-refractivity contribution is 7.88. The molecule has 6 nitrogen and oxygen atoms in total. The molecule has 1 N–H and O–H groups in total. The monoisotopic (exact) mass is 301 g/mol. The molecule has 2 heterocycles. The molecule has 1 fully saturated rings. The number of hydrogen-bond acceptors (Lipinski definition) is 4. The number of sulfonamides is 1. The van der Waals surface area contributed by atoms with E-state index in [2.05, 4.69) is 9.71 Å². The number of halogens is 1. The second kappa shape index (κ2) is 5.84. The zero-order valence-corrected chi connectivity index (χ0v) is 11.9. The van der Waals surface area contributed by atoms with Gasteiger partial charge in [-0.05, 0) is 18.9 Å². The average molecular weight is 301 g/mol. The first-order chi connectivity index (χ1) is 9.35. The predicted molar refractivity (Wildman–Crippen MR) is 71.1 cm³/mol. The minimum absolute atomic E-state index is 0.153. The van der Waals surface area contributed by atoms with Gasteiger partial charge in [0.15, 0.2) is 0 Å². The number of carbonyl (C=O) groups is 1. The van der Waals surface area contributed by atoms with E-state index in [0.717, 1.165) is 18.5 Å². The fourth-order valence-corrected chi connectivity index (χ4v) is 3.06. The van der Waals surface area contributed by atoms with Crippen molar-refractivity contribution in [3.05, 3.63) is 29.8 Å². The van der Waals surface area contributed by atoms with Crippen LogP contribution in [0.25, 0.3) is 0 Å². The third-order valence-electron chi connectivity index (χ3n) is 3.11. The van der Waals surface area contributed by atoms with Crippen LogP contribution in [-0.4, -0.2) is 49.6 Å². The Morgan fingerprint density at radius 3 is 2.60 bits per heavy atom. The van der Waals surface area contributed by atoms with Gasteiger partial charge >= 0.3 is 0 Å². The van der Waals surface area contributed by atoms with Crippen LogP contribution >= 0.6 is 0 Å². The number of nitrogens with one attached hydrogen (secondary N) is 1. The molecule has 0 spiro atoms. The highest BCUT2D eigenvalue weighted by Gasteiger charge is 2.25. The van der Waals surface area contributed by atoms with Crippen LogP contribution in [0.4, 0.5) is 4.39 Å². The van der Waals surface area contributed by atoms with Gasteiger partial charge in [-0.15, -0.1) is 0 Å². The molecular formula is C12H16FN3O3S. The number of piperidine rings is 1. The molecule has 1 aromatic rings. The molecule has 1 aliphatic rings. The quantitative estimate of drug-likeness (QED) is 0.875. The number of carbonyl (C=O) groups excluding carboxylic acids is 1. The van der Waals surface area contributed by atoms with E-state index >= 15 is 0 Å². The Hall–Kier alpha value is -1.54. The Morgan fingerprint density at radius 1 is 1.40 bits per heavy atom. The van der Waals surface area contributed by atoms with Crippen LogP contribution in [0.5, 0.6) is 0 Å². The smallest absolute Gasteiger partial charge is 0.255 e. The second-order valence-corrected chi connectivity index (χ2v) is 6.63. The molecule has 110 valence electrons. The number of likely N-dealkylation sites (tertiary alicyclic amines) is 1. The SMILES string of the molecule is CS(=O)(=O)NC1CCN(C(=O)c2cncc(F)c2)CC1. The number of rotatable bonds is 3. The largest absolute Gasteiger partial charge is 0.338 e. The summed E-state index contributed by atoms with van der Waals surface area (Å²) in [6.07, 6.45) is 4.57. The van der Waals surface area contributed by atoms with Crippen molar-refractivity contribution in [3.63, 3.8) is 0 Å². The Bertz CT molecular complexity index is 598. The lowest BCUT2D eigenvalue weighted by Crippen LogP contribution is -2.46. The van der Waals surface area contributed by atoms with E-state index in [1.807, 2.05) is 0 Å². The first-order valence-electron chi connectivity index (χ1n) is 6.22. The molecule has 0 bridgehead atoms. The molecule has 1 saturated heterocycles. The van der Waals surface area contributed by atoms with Crippen molar-refractivity contribution in [1.82, 2.24) is 14.6 Å². The van der Waals surface area contributed by atoms with E-state index in [0.29, 0.717) is 25.9 Å². The summed E-state index contributed by atoms with van der Waals surface area (Å²) >= 11 is 0. The van der Waals surface area contributed by atoms with Gasteiger partial charge in [0.05, 0.1) is 18.0 Å². The van der Waals surface area contributed by atoms with Crippen molar-refractivity contribution in [1.29, 1.82) is 0 Å². The van der Waals surface area contributed by atoms with Gasteiger partial charge in [-0.2, -0.15) is 0 Å². The lowest BCUT2D eigenvalue weighted by Gasteiger charge is -2.32. The maximum Gasteiger partial charge on any atom is 0.255 e. The van der Waals surface area contributed by atoms with Gasteiger partial charge in [0.2, 0.25) is 10.0 Å². The third kappa shape index (κ3) is 3.97. The van der Waals surface area contributed by atoms with Crippen molar-refractivity contribution in [3.8, 4) is 0 Å². The molecule has 8 heteroatoms. The number of nitrogens with zero attached hydrogens (tertiary/aromatic N) is 2. The number of amides is 1. The van der Waals surface area contributed by atoms with Crippen LogP contribution in [0.15, 0.2) is 18.5 Å². The highest BCUT2D eigenvalue weighted by Crippen LogP contribution is 2.14. The molecule has 0 saturated carbocycles. The summed E-state index contributed by atoms with van der Waals surface area (Å²) in [4.78, 5) is 17.4. The van der Waals surface area contributed by atoms with Crippen molar-refractivity contribution in [2.75, 3.05) is 19.3 Å². The number of hydrogen-bond donors (Lipinski definition) is 1. The maximum atomic E-state index is 13.0. The standard InChI is InChI=1S/C12H16FN3O3S/c1-20(18,19)15-11-2-4-16(5-3-11)12(17)9-6-10(13)8-14-7-9/h6-8,11,15H,2-5H2,1H3. The summed E-state index contributed by atoms with van der Waals surface area (Å²) in [5, 5.41) is 0. The number of aromatic nitrogens is 1. The number of pyridine rings is 1. The average Bonchev–Trinajstić information content (AvgIpc) is 2.37. The molecule has 20 heavy (non-hydrogen) atoms. The Morgan fingerprint density at radius 2 is 2.05 bits per heavy atom. The van der Waals surface area contributed by atoms with Crippen LogP contribution in [0.3, 0.4) is 0 Å². The molecule has 1 aromatic heterocycles. The molecule has 1 amide bonds. The topological polar surface area (TPSA) is 79.4 Å². The molecule has 0 atom stereocenters. The first kappa shape index (κ1) is 14.9. The minimum atomic E-state index is -3.23. The van der Waals surface area contributed by atoms with E-state index in [4.69, 9.17) is 0 Å². The van der Waals surface area contributed by atoms with Crippen LogP contribution in [0.1, 0.15) is 23.2 Å². The van der Waals surface area contributed by atoms with E-state index in [-0.39, 0.29) is 17.5 Å². The molecule has 2 rings (SSSR count). The van der Waals surface area contributed by atoms with Crippen molar-refractivity contribution in [2.45, 2.75) is 18.9 Å². The van der Waals surface area contributed by atoms with E-state index in [1.165, 1.54) is 6.20 Å². The Kier molecular flexibility index (Phi) is 4.34. The van der Waals surface area contributed by atoms with Gasteiger partial charge in [0.1, 0.15) is 5.82 Å². The van der Waals surface area contributed by atoms with Crippen molar-refractivity contribution < 1.29 is 17.6 Å². The fourth-order valence-electron chi connectivity index (χ4n) is 2.21. The summed E-state index contributed by atoms with van der Waals surface area (Å²) in [6, 6.07) is 0.996. The van der Waals surface area contributed by atoms with Gasteiger partial charge < -0.3 is 4.90 Å². The Labute approximate surface area is 117 Å². The van der Waals surface area contributed by atoms with Gasteiger partial charge in [0, 0.05) is 25.3 Å². The van der Waals surface area contributed by atoms with E-state index in [1.54, 1.807) is 4.90 Å². The molecule has 0 radical (unpaired) electrons. The second-order valence-electron chi connectivity index (χ2n) is 4.85. The maximum absolute atomic E-state index is 13.0. The summed E-state index contributed by atoms with van der Waals surface area (Å²) in [6.45, 7) is 0.866. The summed E-state index contributed by atoms with van der Waals surface area (Å²) in [7, 11) is -3.23. The lowest BCUT2D eigenvalue weighted by atomic mass is 10.1. The zero-order valence-electron chi connectivity index (χ0n) is 11.0. The summed E-state index contributed by atoms with van der Waals surface area (Å²) in [5.74, 6) is -0.834. The van der Waals surface area contributed by atoms with Crippen LogP contribution in [-0.2, 0) is 10.0 Å². The van der Waals surface area contributed by atoms with Gasteiger partial charge in [0.25, 0.3) is 5.91 Å². The lowest BCUT2D eigenvalue weighted by molar-refractivity contribution is 0.0710. The van der Waals surface area contributed by atoms with E-state index in [9.17, 15) is 17.6 Å². The summed E-state index contributed by atoms with van der Waals surface area (Å²) in [5.41, 5.74) is 0.208. The highest BCUT2D eigenvalue weighted by atomic mass is 32.2. The van der Waals surface area contributed by atoms with Crippen LogP contribution < -0.4 is 4.72 Å². The molecule has 0 unspecified atom stereocenters. The minimum Gasteiger partial charge on any atom is -0.338 e. The summed E-state index contributed by atoms with van der Waals surface area (Å²) < 4.78 is 37.8. The third-order valence-corrected chi connectivity index (χ3v) is 3.88. The molecule has 0 aliphatic carbocycles. The van der Waals surface area contributed by atoms with Crippen LogP contribution in [0.2, 0.25) is 0 Å². The fraction of sp³-hybridized carbons (Fsp3) is 0.500. The zero-order chi connectivity index (χ0) is 14.8. The van der Waals surface area contributed by atoms with E-state index < -0.39 is 15.8 Å². The normalized spacial score (nSPS) is 17.2. The molecule has 0 aromatic carbocycles. The molecule has 1 aliphatic heterocycles. The van der Waals surface area contributed by atoms with Crippen molar-refractivity contribution in [2.24, 2.45) is 0 Å². The van der Waals surface area contributed by atoms with Gasteiger partial charge in [-0.25, -0.2) is 17.5 Å². The first-order valence-corrected chi connectivity index (χ1v) is 8.11. The van der Waals surface area contributed by atoms with Crippen molar-refractivity contribution >= 4 is 15.9 Å². The van der Waals surface area contributed by atoms with Crippen LogP contribution in [0, 0.1) is 5.82 Å². The Balaban J connectivity index is 1.95. The van der Waals surface area contributed by atoms with Gasteiger partial charge in [-0.3, -0.25) is 9.78 Å². The molecular weight excluding hydrogens is 285 g/mol. The predicted octanol–water partition coefficient (Wildman–Crippen LogP) is 0.375. The van der Waals surface area contributed by atoms with Gasteiger partial charge in [-0.1, -0.05) is 0 Å².